The van der Waals surface area contributed by atoms with Crippen LogP contribution in [0.1, 0.15) is 11.1 Å². The fourth-order valence-corrected chi connectivity index (χ4v) is 2.48. The molecule has 0 aliphatic rings. The standard InChI is InChI=1S/C8H3ClF6O3S/c9-19(17,18)6-4(8(13,14)15)1-3(2-5(6)16)7(10,11)12/h1-2,16H. The van der Waals surface area contributed by atoms with E-state index < -0.39 is 49.2 Å². The summed E-state index contributed by atoms with van der Waals surface area (Å²) < 4.78 is 96.3. The van der Waals surface area contributed by atoms with Crippen molar-refractivity contribution in [3.63, 3.8) is 0 Å². The second-order valence-electron chi connectivity index (χ2n) is 3.31. The monoisotopic (exact) mass is 328 g/mol. The van der Waals surface area contributed by atoms with Crippen molar-refractivity contribution in [2.75, 3.05) is 0 Å². The number of halogens is 7. The molecule has 1 rings (SSSR count). The summed E-state index contributed by atoms with van der Waals surface area (Å²) in [4.78, 5) is -1.81. The van der Waals surface area contributed by atoms with E-state index in [-0.39, 0.29) is 6.07 Å². The zero-order valence-corrected chi connectivity index (χ0v) is 10.0. The Morgan fingerprint density at radius 3 is 1.79 bits per heavy atom. The van der Waals surface area contributed by atoms with E-state index >= 15 is 0 Å². The van der Waals surface area contributed by atoms with Gasteiger partial charge in [-0.3, -0.25) is 0 Å². The molecule has 0 aromatic heterocycles. The third-order valence-electron chi connectivity index (χ3n) is 1.95. The lowest BCUT2D eigenvalue weighted by atomic mass is 10.1. The maximum Gasteiger partial charge on any atom is 0.417 e. The van der Waals surface area contributed by atoms with Crippen molar-refractivity contribution in [1.82, 2.24) is 0 Å². The number of hydrogen-bond donors (Lipinski definition) is 1. The van der Waals surface area contributed by atoms with Gasteiger partial charge in [0.05, 0.1) is 11.1 Å². The molecule has 0 bridgehead atoms. The Balaban J connectivity index is 3.79. The SMILES string of the molecule is O=S(=O)(Cl)c1c(O)cc(C(F)(F)F)cc1C(F)(F)F. The molecule has 11 heteroatoms. The summed E-state index contributed by atoms with van der Waals surface area (Å²) in [6.07, 6.45) is -10.6. The van der Waals surface area contributed by atoms with E-state index in [1.807, 2.05) is 0 Å². The third kappa shape index (κ3) is 3.44. The lowest BCUT2D eigenvalue weighted by molar-refractivity contribution is -0.144. The molecule has 0 heterocycles. The number of rotatable bonds is 1. The molecule has 0 amide bonds. The van der Waals surface area contributed by atoms with Crippen LogP contribution in [0.15, 0.2) is 17.0 Å². The van der Waals surface area contributed by atoms with Gasteiger partial charge in [0, 0.05) is 10.7 Å². The van der Waals surface area contributed by atoms with Gasteiger partial charge >= 0.3 is 12.4 Å². The van der Waals surface area contributed by atoms with Crippen molar-refractivity contribution in [2.45, 2.75) is 17.2 Å². The van der Waals surface area contributed by atoms with E-state index in [0.717, 1.165) is 0 Å². The molecular formula is C8H3ClF6O3S. The molecule has 0 spiro atoms. The van der Waals surface area contributed by atoms with E-state index in [4.69, 9.17) is 5.11 Å². The third-order valence-corrected chi connectivity index (χ3v) is 3.33. The Kier molecular flexibility index (Phi) is 3.72. The van der Waals surface area contributed by atoms with Crippen LogP contribution in [-0.4, -0.2) is 13.5 Å². The van der Waals surface area contributed by atoms with Gasteiger partial charge in [0.25, 0.3) is 9.05 Å². The van der Waals surface area contributed by atoms with Gasteiger partial charge in [-0.1, -0.05) is 0 Å². The Bertz CT molecular complexity index is 604. The molecule has 108 valence electrons. The zero-order valence-electron chi connectivity index (χ0n) is 8.47. The van der Waals surface area contributed by atoms with Crippen molar-refractivity contribution >= 4 is 19.7 Å². The zero-order chi connectivity index (χ0) is 15.2. The highest BCUT2D eigenvalue weighted by molar-refractivity contribution is 8.13. The van der Waals surface area contributed by atoms with E-state index in [0.29, 0.717) is 0 Å². The van der Waals surface area contributed by atoms with Crippen LogP contribution in [0.2, 0.25) is 0 Å². The average molecular weight is 329 g/mol. The normalized spacial score (nSPS) is 13.6. The van der Waals surface area contributed by atoms with Gasteiger partial charge in [-0.05, 0) is 12.1 Å². The van der Waals surface area contributed by atoms with Gasteiger partial charge < -0.3 is 5.11 Å². The highest BCUT2D eigenvalue weighted by Crippen LogP contribution is 2.43. The topological polar surface area (TPSA) is 54.4 Å². The summed E-state index contributed by atoms with van der Waals surface area (Å²) in [6.45, 7) is 0. The van der Waals surface area contributed by atoms with Crippen molar-refractivity contribution in [3.05, 3.63) is 23.3 Å². The maximum absolute atomic E-state index is 12.5. The Labute approximate surface area is 106 Å². The highest BCUT2D eigenvalue weighted by atomic mass is 35.7. The fourth-order valence-electron chi connectivity index (χ4n) is 1.24. The van der Waals surface area contributed by atoms with Crippen LogP contribution in [0.25, 0.3) is 0 Å². The first-order chi connectivity index (χ1) is 8.24. The minimum Gasteiger partial charge on any atom is -0.507 e. The predicted molar refractivity (Wildman–Crippen MR) is 51.1 cm³/mol. The van der Waals surface area contributed by atoms with E-state index in [9.17, 15) is 34.8 Å². The van der Waals surface area contributed by atoms with Crippen LogP contribution in [0, 0.1) is 0 Å². The number of hydrogen-bond acceptors (Lipinski definition) is 3. The summed E-state index contributed by atoms with van der Waals surface area (Å²) in [5, 5.41) is 9.07. The van der Waals surface area contributed by atoms with Gasteiger partial charge in [0.15, 0.2) is 0 Å². The van der Waals surface area contributed by atoms with Crippen molar-refractivity contribution < 1.29 is 39.9 Å². The van der Waals surface area contributed by atoms with E-state index in [1.165, 1.54) is 0 Å². The van der Waals surface area contributed by atoms with Gasteiger partial charge in [-0.2, -0.15) is 26.3 Å². The quantitative estimate of drug-likeness (QED) is 0.635. The molecule has 0 aliphatic carbocycles. The fraction of sp³-hybridized carbons (Fsp3) is 0.250. The molecule has 3 nitrogen and oxygen atoms in total. The molecule has 0 saturated heterocycles. The molecule has 0 unspecified atom stereocenters. The van der Waals surface area contributed by atoms with Crippen molar-refractivity contribution in [2.24, 2.45) is 0 Å². The second kappa shape index (κ2) is 4.44. The minimum atomic E-state index is -5.43. The Morgan fingerprint density at radius 2 is 1.47 bits per heavy atom. The van der Waals surface area contributed by atoms with Gasteiger partial charge in [-0.15, -0.1) is 0 Å². The van der Waals surface area contributed by atoms with Gasteiger partial charge in [0.2, 0.25) is 0 Å². The highest BCUT2D eigenvalue weighted by Gasteiger charge is 2.42. The minimum absolute atomic E-state index is 0.148. The molecule has 0 aliphatic heterocycles. The lowest BCUT2D eigenvalue weighted by Crippen LogP contribution is -2.14. The first-order valence-electron chi connectivity index (χ1n) is 4.20. The summed E-state index contributed by atoms with van der Waals surface area (Å²) in [6, 6.07) is -0.584. The largest absolute Gasteiger partial charge is 0.507 e. The van der Waals surface area contributed by atoms with Crippen molar-refractivity contribution in [1.29, 1.82) is 0 Å². The summed E-state index contributed by atoms with van der Waals surface area (Å²) in [5.74, 6) is -1.72. The van der Waals surface area contributed by atoms with Crippen LogP contribution in [-0.2, 0) is 21.4 Å². The second-order valence-corrected chi connectivity index (χ2v) is 5.81. The summed E-state index contributed by atoms with van der Waals surface area (Å²) >= 11 is 0. The van der Waals surface area contributed by atoms with Crippen LogP contribution in [0.4, 0.5) is 26.3 Å². The Hall–Kier alpha value is -1.16. The number of alkyl halides is 6. The van der Waals surface area contributed by atoms with Crippen molar-refractivity contribution in [3.8, 4) is 5.75 Å². The molecule has 0 fully saturated rings. The van der Waals surface area contributed by atoms with E-state index in [1.54, 1.807) is 0 Å². The van der Waals surface area contributed by atoms with Crippen LogP contribution in [0.3, 0.4) is 0 Å². The van der Waals surface area contributed by atoms with Crippen LogP contribution < -0.4 is 0 Å². The van der Waals surface area contributed by atoms with E-state index in [2.05, 4.69) is 10.7 Å². The molecule has 0 radical (unpaired) electrons. The first-order valence-corrected chi connectivity index (χ1v) is 6.51. The molecule has 0 atom stereocenters. The molecular weight excluding hydrogens is 326 g/mol. The van der Waals surface area contributed by atoms with Crippen LogP contribution in [0.5, 0.6) is 5.75 Å². The first kappa shape index (κ1) is 15.9. The Morgan fingerprint density at radius 1 is 1.00 bits per heavy atom. The average Bonchev–Trinajstić information content (AvgIpc) is 2.11. The molecule has 0 saturated carbocycles. The number of aromatic hydroxyl groups is 1. The molecule has 1 aromatic rings. The molecule has 1 aromatic carbocycles. The smallest absolute Gasteiger partial charge is 0.417 e. The molecule has 19 heavy (non-hydrogen) atoms. The van der Waals surface area contributed by atoms with Gasteiger partial charge in [-0.25, -0.2) is 8.42 Å². The lowest BCUT2D eigenvalue weighted by Gasteiger charge is -2.15. The number of phenols is 1. The number of benzene rings is 1. The van der Waals surface area contributed by atoms with Gasteiger partial charge in [0.1, 0.15) is 10.6 Å². The number of phenolic OH excluding ortho intramolecular Hbond substituents is 1. The molecule has 1 N–H and O–H groups in total. The maximum atomic E-state index is 12.5. The summed E-state index contributed by atoms with van der Waals surface area (Å²) in [7, 11) is -0.402. The predicted octanol–water partition coefficient (Wildman–Crippen LogP) is 3.36. The van der Waals surface area contributed by atoms with Crippen LogP contribution >= 0.6 is 10.7 Å². The summed E-state index contributed by atoms with van der Waals surface area (Å²) in [5.41, 5.74) is -4.03.